The van der Waals surface area contributed by atoms with Gasteiger partial charge in [-0.2, -0.15) is 5.10 Å². The third kappa shape index (κ3) is 2.65. The zero-order valence-corrected chi connectivity index (χ0v) is 13.1. The lowest BCUT2D eigenvalue weighted by molar-refractivity contribution is 0.112. The van der Waals surface area contributed by atoms with Crippen LogP contribution < -0.4 is 4.90 Å². The molecule has 2 aromatic heterocycles. The van der Waals surface area contributed by atoms with E-state index >= 15 is 0 Å². The fraction of sp³-hybridized carbons (Fsp3) is 0.222. The average molecular weight is 345 g/mol. The van der Waals surface area contributed by atoms with Gasteiger partial charge in [-0.3, -0.25) is 4.79 Å². The molecule has 2 atom stereocenters. The molecule has 1 aromatic carbocycles. The molecule has 0 saturated carbocycles. The molecule has 1 fully saturated rings. The molecule has 0 N–H and O–H groups in total. The van der Waals surface area contributed by atoms with Gasteiger partial charge < -0.3 is 4.90 Å². The molecule has 0 spiro atoms. The van der Waals surface area contributed by atoms with E-state index in [1.165, 1.54) is 10.7 Å². The second kappa shape index (κ2) is 5.91. The summed E-state index contributed by atoms with van der Waals surface area (Å²) in [5.41, 5.74) is 1.74. The molecule has 0 radical (unpaired) electrons. The maximum Gasteiger partial charge on any atom is 0.153 e. The molecule has 7 heteroatoms. The number of rotatable bonds is 3. The number of carbonyl (C=O) groups is 1. The second-order valence-corrected chi connectivity index (χ2v) is 6.10. The van der Waals surface area contributed by atoms with Gasteiger partial charge >= 0.3 is 0 Å². The van der Waals surface area contributed by atoms with Gasteiger partial charge in [0, 0.05) is 30.4 Å². The number of nitrogens with zero attached hydrogens (tertiary/aromatic N) is 3. The number of hydrogen-bond acceptors (Lipinski definition) is 3. The Balaban J connectivity index is 1.79. The van der Waals surface area contributed by atoms with Crippen molar-refractivity contribution in [2.75, 3.05) is 11.4 Å². The molecule has 3 aromatic rings. The monoisotopic (exact) mass is 345 g/mol. The van der Waals surface area contributed by atoms with Gasteiger partial charge in [-0.25, -0.2) is 17.7 Å². The summed E-state index contributed by atoms with van der Waals surface area (Å²) >= 11 is 0. The van der Waals surface area contributed by atoms with Gasteiger partial charge in [0.05, 0.1) is 23.3 Å². The Morgan fingerprint density at radius 1 is 1.20 bits per heavy atom. The van der Waals surface area contributed by atoms with Crippen molar-refractivity contribution in [3.8, 4) is 0 Å². The van der Waals surface area contributed by atoms with Crippen LogP contribution in [0.1, 0.15) is 28.4 Å². The number of carbonyl (C=O) groups excluding carboxylic acids is 1. The maximum atomic E-state index is 14.2. The Kier molecular flexibility index (Phi) is 3.71. The standard InChI is InChI=1S/C18H14F3N3O/c19-12-1-2-16(21)15(5-12)18-6-13(20)9-23(18)14-3-4-24-17(7-14)11(10-25)8-22-24/h1-5,7-8,10,13,18H,6,9H2/t13-,18+/m0/s1. The predicted molar refractivity (Wildman–Crippen MR) is 86.5 cm³/mol. The Bertz CT molecular complexity index is 956. The first kappa shape index (κ1) is 15.7. The molecule has 25 heavy (non-hydrogen) atoms. The third-order valence-electron chi connectivity index (χ3n) is 4.56. The van der Waals surface area contributed by atoms with Gasteiger partial charge in [0.1, 0.15) is 17.8 Å². The van der Waals surface area contributed by atoms with Crippen LogP contribution in [0.15, 0.2) is 42.7 Å². The van der Waals surface area contributed by atoms with Crippen LogP contribution >= 0.6 is 0 Å². The minimum atomic E-state index is -1.15. The molecule has 4 rings (SSSR count). The normalized spacial score (nSPS) is 20.4. The second-order valence-electron chi connectivity index (χ2n) is 6.10. The number of hydrogen-bond donors (Lipinski definition) is 0. The number of pyridine rings is 1. The van der Waals surface area contributed by atoms with Crippen LogP contribution in [0.25, 0.3) is 5.52 Å². The number of fused-ring (bicyclic) bond motifs is 1. The minimum absolute atomic E-state index is 0.0708. The first-order chi connectivity index (χ1) is 12.1. The molecule has 1 aliphatic heterocycles. The van der Waals surface area contributed by atoms with Crippen molar-refractivity contribution < 1.29 is 18.0 Å². The highest BCUT2D eigenvalue weighted by atomic mass is 19.1. The zero-order chi connectivity index (χ0) is 17.6. The number of anilines is 1. The van der Waals surface area contributed by atoms with Crippen molar-refractivity contribution >= 4 is 17.5 Å². The number of aldehydes is 1. The summed E-state index contributed by atoms with van der Waals surface area (Å²) in [6.07, 6.45) is 2.71. The number of halogens is 3. The fourth-order valence-corrected chi connectivity index (χ4v) is 3.39. The van der Waals surface area contributed by atoms with Crippen molar-refractivity contribution in [1.29, 1.82) is 0 Å². The molecule has 128 valence electrons. The van der Waals surface area contributed by atoms with E-state index in [2.05, 4.69) is 5.10 Å². The van der Waals surface area contributed by atoms with Crippen LogP contribution in [0.5, 0.6) is 0 Å². The Morgan fingerprint density at radius 2 is 2.04 bits per heavy atom. The van der Waals surface area contributed by atoms with E-state index in [-0.39, 0.29) is 18.5 Å². The summed E-state index contributed by atoms with van der Waals surface area (Å²) in [6, 6.07) is 6.02. The number of benzene rings is 1. The fourth-order valence-electron chi connectivity index (χ4n) is 3.39. The largest absolute Gasteiger partial charge is 0.361 e. The van der Waals surface area contributed by atoms with E-state index in [4.69, 9.17) is 0 Å². The number of aromatic nitrogens is 2. The lowest BCUT2D eigenvalue weighted by Gasteiger charge is -2.27. The van der Waals surface area contributed by atoms with Crippen molar-refractivity contribution in [3.63, 3.8) is 0 Å². The van der Waals surface area contributed by atoms with Crippen LogP contribution in [-0.4, -0.2) is 28.6 Å². The summed E-state index contributed by atoms with van der Waals surface area (Å²) in [7, 11) is 0. The van der Waals surface area contributed by atoms with E-state index in [1.54, 1.807) is 23.2 Å². The molecule has 0 aliphatic carbocycles. The van der Waals surface area contributed by atoms with Gasteiger partial charge in [0.25, 0.3) is 0 Å². The van der Waals surface area contributed by atoms with Crippen molar-refractivity contribution in [2.24, 2.45) is 0 Å². The summed E-state index contributed by atoms with van der Waals surface area (Å²) in [4.78, 5) is 12.8. The zero-order valence-electron chi connectivity index (χ0n) is 13.1. The van der Waals surface area contributed by atoms with E-state index in [1.807, 2.05) is 0 Å². The van der Waals surface area contributed by atoms with Crippen LogP contribution in [0, 0.1) is 11.6 Å². The first-order valence-electron chi connectivity index (χ1n) is 7.85. The van der Waals surface area contributed by atoms with Crippen molar-refractivity contribution in [1.82, 2.24) is 9.61 Å². The van der Waals surface area contributed by atoms with E-state index in [9.17, 15) is 18.0 Å². The Hall–Kier alpha value is -2.83. The van der Waals surface area contributed by atoms with Crippen molar-refractivity contribution in [2.45, 2.75) is 18.6 Å². The van der Waals surface area contributed by atoms with Crippen LogP contribution in [0.2, 0.25) is 0 Å². The molecule has 1 aliphatic rings. The molecule has 0 bridgehead atoms. The van der Waals surface area contributed by atoms with Gasteiger partial charge in [-0.15, -0.1) is 0 Å². The number of alkyl halides is 1. The molecule has 0 amide bonds. The topological polar surface area (TPSA) is 37.6 Å². The van der Waals surface area contributed by atoms with Gasteiger partial charge in [0.2, 0.25) is 0 Å². The smallest absolute Gasteiger partial charge is 0.153 e. The van der Waals surface area contributed by atoms with Crippen molar-refractivity contribution in [3.05, 3.63) is 65.5 Å². The molecule has 0 unspecified atom stereocenters. The van der Waals surface area contributed by atoms with E-state index in [0.717, 1.165) is 18.2 Å². The van der Waals surface area contributed by atoms with Crippen LogP contribution in [0.3, 0.4) is 0 Å². The van der Waals surface area contributed by atoms with Gasteiger partial charge in [0.15, 0.2) is 6.29 Å². The SMILES string of the molecule is O=Cc1cnn2ccc(N3C[C@@H](F)C[C@@H]3c3cc(F)ccc3F)cc12. The maximum absolute atomic E-state index is 14.2. The highest BCUT2D eigenvalue weighted by molar-refractivity contribution is 5.86. The quantitative estimate of drug-likeness (QED) is 0.679. The Labute approximate surface area is 141 Å². The molecule has 4 nitrogen and oxygen atoms in total. The minimum Gasteiger partial charge on any atom is -0.361 e. The predicted octanol–water partition coefficient (Wildman–Crippen LogP) is 3.71. The summed E-state index contributed by atoms with van der Waals surface area (Å²) < 4.78 is 43.4. The summed E-state index contributed by atoms with van der Waals surface area (Å²) in [5.74, 6) is -1.13. The Morgan fingerprint density at radius 3 is 2.84 bits per heavy atom. The van der Waals surface area contributed by atoms with E-state index in [0.29, 0.717) is 23.1 Å². The van der Waals surface area contributed by atoms with Crippen LogP contribution in [0.4, 0.5) is 18.9 Å². The highest BCUT2D eigenvalue weighted by Gasteiger charge is 2.35. The summed E-state index contributed by atoms with van der Waals surface area (Å²) in [5, 5.41) is 4.06. The molecule has 3 heterocycles. The van der Waals surface area contributed by atoms with E-state index < -0.39 is 23.8 Å². The molecule has 1 saturated heterocycles. The lowest BCUT2D eigenvalue weighted by Crippen LogP contribution is -2.24. The molecular weight excluding hydrogens is 331 g/mol. The summed E-state index contributed by atoms with van der Waals surface area (Å²) in [6.45, 7) is 0.0708. The average Bonchev–Trinajstić information content (AvgIpc) is 3.19. The lowest BCUT2D eigenvalue weighted by atomic mass is 10.0. The van der Waals surface area contributed by atoms with Gasteiger partial charge in [-0.05, 0) is 30.3 Å². The first-order valence-corrected chi connectivity index (χ1v) is 7.85. The highest BCUT2D eigenvalue weighted by Crippen LogP contribution is 2.39. The molecular formula is C18H14F3N3O. The third-order valence-corrected chi connectivity index (χ3v) is 4.56. The van der Waals surface area contributed by atoms with Gasteiger partial charge in [-0.1, -0.05) is 0 Å². The van der Waals surface area contributed by atoms with Crippen LogP contribution in [-0.2, 0) is 0 Å².